The average molecular weight is 438 g/mol. The second kappa shape index (κ2) is 7.02. The van der Waals surface area contributed by atoms with Gasteiger partial charge in [0.15, 0.2) is 0 Å². The zero-order valence-corrected chi connectivity index (χ0v) is 15.2. The van der Waals surface area contributed by atoms with Crippen LogP contribution in [0.3, 0.4) is 0 Å². The first-order chi connectivity index (χ1) is 9.95. The number of carboxylic acid groups (broad SMARTS) is 1. The molecule has 8 heteroatoms. The van der Waals surface area contributed by atoms with E-state index in [1.165, 1.54) is 16.7 Å². The maximum absolute atomic E-state index is 12.5. The molecule has 1 aliphatic heterocycles. The maximum atomic E-state index is 12.5. The van der Waals surface area contributed by atoms with Crippen molar-refractivity contribution < 1.29 is 14.7 Å². The Bertz CT molecular complexity index is 550. The largest absolute Gasteiger partial charge is 0.480 e. The van der Waals surface area contributed by atoms with Gasteiger partial charge < -0.3 is 10.4 Å². The van der Waals surface area contributed by atoms with Crippen molar-refractivity contribution in [3.63, 3.8) is 0 Å². The van der Waals surface area contributed by atoms with Gasteiger partial charge in [0.1, 0.15) is 6.04 Å². The highest BCUT2D eigenvalue weighted by Gasteiger charge is 2.41. The number of anilines is 1. The van der Waals surface area contributed by atoms with E-state index in [1.807, 2.05) is 25.1 Å². The quantitative estimate of drug-likeness (QED) is 0.750. The SMILES string of the molecule is CCC1SCC(C(=O)O)N1C(=O)Nc1c(Br)cccc1Br. The van der Waals surface area contributed by atoms with Crippen LogP contribution in [0.4, 0.5) is 10.5 Å². The fourth-order valence-electron chi connectivity index (χ4n) is 2.13. The number of hydrogen-bond acceptors (Lipinski definition) is 3. The smallest absolute Gasteiger partial charge is 0.327 e. The Kier molecular flexibility index (Phi) is 5.56. The van der Waals surface area contributed by atoms with Gasteiger partial charge in [0.05, 0.1) is 11.1 Å². The predicted molar refractivity (Wildman–Crippen MR) is 90.7 cm³/mol. The molecule has 0 bridgehead atoms. The van der Waals surface area contributed by atoms with Gasteiger partial charge in [-0.1, -0.05) is 13.0 Å². The maximum Gasteiger partial charge on any atom is 0.327 e. The highest BCUT2D eigenvalue weighted by Crippen LogP contribution is 2.34. The first-order valence-electron chi connectivity index (χ1n) is 6.33. The number of carbonyl (C=O) groups is 2. The van der Waals surface area contributed by atoms with Gasteiger partial charge in [-0.15, -0.1) is 11.8 Å². The molecular weight excluding hydrogens is 424 g/mol. The van der Waals surface area contributed by atoms with Gasteiger partial charge in [-0.25, -0.2) is 9.59 Å². The van der Waals surface area contributed by atoms with Crippen molar-refractivity contribution >= 4 is 61.3 Å². The van der Waals surface area contributed by atoms with Gasteiger partial charge >= 0.3 is 12.0 Å². The third kappa shape index (κ3) is 3.54. The summed E-state index contributed by atoms with van der Waals surface area (Å²) in [5, 5.41) is 11.9. The number of rotatable bonds is 3. The van der Waals surface area contributed by atoms with Crippen molar-refractivity contribution in [1.82, 2.24) is 4.90 Å². The summed E-state index contributed by atoms with van der Waals surface area (Å²) >= 11 is 8.25. The summed E-state index contributed by atoms with van der Waals surface area (Å²) in [6.07, 6.45) is 0.707. The standard InChI is InChI=1S/C13H14Br2N2O3S/c1-2-10-17(9(6-21-10)12(18)19)13(20)16-11-7(14)4-3-5-8(11)15/h3-5,9-10H,2,6H2,1H3,(H,16,20)(H,18,19). The topological polar surface area (TPSA) is 69.6 Å². The first kappa shape index (κ1) is 16.6. The van der Waals surface area contributed by atoms with Gasteiger partial charge in [0.25, 0.3) is 0 Å². The lowest BCUT2D eigenvalue weighted by atomic mass is 10.2. The third-order valence-electron chi connectivity index (χ3n) is 3.16. The fourth-order valence-corrected chi connectivity index (χ4v) is 4.67. The van der Waals surface area contributed by atoms with Crippen LogP contribution in [-0.2, 0) is 4.79 Å². The summed E-state index contributed by atoms with van der Waals surface area (Å²) < 4.78 is 1.47. The van der Waals surface area contributed by atoms with Gasteiger partial charge in [-0.2, -0.15) is 0 Å². The number of para-hydroxylation sites is 1. The van der Waals surface area contributed by atoms with E-state index in [4.69, 9.17) is 0 Å². The summed E-state index contributed by atoms with van der Waals surface area (Å²) in [4.78, 5) is 25.2. The number of nitrogens with zero attached hydrogens (tertiary/aromatic N) is 1. The molecule has 114 valence electrons. The lowest BCUT2D eigenvalue weighted by molar-refractivity contribution is -0.141. The molecule has 1 fully saturated rings. The van der Waals surface area contributed by atoms with Crippen molar-refractivity contribution in [2.45, 2.75) is 24.8 Å². The average Bonchev–Trinajstić information content (AvgIpc) is 2.87. The Morgan fingerprint density at radius 1 is 1.43 bits per heavy atom. The van der Waals surface area contributed by atoms with Crippen LogP contribution in [0.2, 0.25) is 0 Å². The van der Waals surface area contributed by atoms with Crippen LogP contribution in [0.15, 0.2) is 27.1 Å². The number of nitrogens with one attached hydrogen (secondary N) is 1. The molecule has 1 heterocycles. The number of urea groups is 1. The molecule has 0 aromatic heterocycles. The van der Waals surface area contributed by atoms with Crippen molar-refractivity contribution in [2.75, 3.05) is 11.1 Å². The van der Waals surface area contributed by atoms with Gasteiger partial charge in [0.2, 0.25) is 0 Å². The molecule has 2 unspecified atom stereocenters. The molecule has 0 radical (unpaired) electrons. The monoisotopic (exact) mass is 436 g/mol. The summed E-state index contributed by atoms with van der Waals surface area (Å²) in [6, 6.07) is 4.27. The first-order valence-corrected chi connectivity index (χ1v) is 8.97. The summed E-state index contributed by atoms with van der Waals surface area (Å²) in [5.41, 5.74) is 0.596. The van der Waals surface area contributed by atoms with E-state index < -0.39 is 18.0 Å². The fraction of sp³-hybridized carbons (Fsp3) is 0.385. The molecule has 0 spiro atoms. The molecule has 0 saturated carbocycles. The number of hydrogen-bond donors (Lipinski definition) is 2. The second-order valence-electron chi connectivity index (χ2n) is 4.48. The minimum atomic E-state index is -0.972. The predicted octanol–water partition coefficient (Wildman–Crippen LogP) is 3.98. The van der Waals surface area contributed by atoms with Gasteiger partial charge in [-0.3, -0.25) is 4.90 Å². The van der Waals surface area contributed by atoms with Crippen molar-refractivity contribution in [3.05, 3.63) is 27.1 Å². The minimum absolute atomic E-state index is 0.118. The Hall–Kier alpha value is -0.730. The highest BCUT2D eigenvalue weighted by molar-refractivity contribution is 9.11. The molecule has 2 amide bonds. The van der Waals surface area contributed by atoms with E-state index in [-0.39, 0.29) is 5.37 Å². The van der Waals surface area contributed by atoms with Crippen LogP contribution < -0.4 is 5.32 Å². The van der Waals surface area contributed by atoms with Gasteiger partial charge in [0, 0.05) is 14.7 Å². The van der Waals surface area contributed by atoms with Crippen molar-refractivity contribution in [2.24, 2.45) is 0 Å². The van der Waals surface area contributed by atoms with Crippen molar-refractivity contribution in [1.29, 1.82) is 0 Å². The second-order valence-corrected chi connectivity index (χ2v) is 7.40. The molecule has 2 atom stereocenters. The van der Waals surface area contributed by atoms with E-state index in [1.54, 1.807) is 0 Å². The number of aliphatic carboxylic acids is 1. The molecule has 5 nitrogen and oxygen atoms in total. The molecule has 0 aliphatic carbocycles. The normalized spacial score (nSPS) is 21.4. The van der Waals surface area contributed by atoms with E-state index in [9.17, 15) is 14.7 Å². The minimum Gasteiger partial charge on any atom is -0.480 e. The van der Waals surface area contributed by atoms with E-state index >= 15 is 0 Å². The number of carboxylic acids is 1. The molecule has 1 aliphatic rings. The van der Waals surface area contributed by atoms with Gasteiger partial charge in [-0.05, 0) is 50.4 Å². The lowest BCUT2D eigenvalue weighted by Crippen LogP contribution is -2.47. The van der Waals surface area contributed by atoms with E-state index in [0.717, 1.165) is 8.95 Å². The van der Waals surface area contributed by atoms with Crippen LogP contribution in [0, 0.1) is 0 Å². The molecule has 2 rings (SSSR count). The molecule has 1 saturated heterocycles. The van der Waals surface area contributed by atoms with Crippen LogP contribution in [0.1, 0.15) is 13.3 Å². The number of thioether (sulfide) groups is 1. The lowest BCUT2D eigenvalue weighted by Gasteiger charge is -2.27. The summed E-state index contributed by atoms with van der Waals surface area (Å²) in [6.45, 7) is 1.94. The van der Waals surface area contributed by atoms with Crippen LogP contribution in [-0.4, -0.2) is 39.2 Å². The van der Waals surface area contributed by atoms with Crippen molar-refractivity contribution in [3.8, 4) is 0 Å². The van der Waals surface area contributed by atoms with Crippen LogP contribution in [0.25, 0.3) is 0 Å². The number of amides is 2. The summed E-state index contributed by atoms with van der Waals surface area (Å²) in [5.74, 6) is -0.557. The molecule has 2 N–H and O–H groups in total. The molecule has 1 aromatic carbocycles. The Labute approximate surface area is 143 Å². The zero-order valence-electron chi connectivity index (χ0n) is 11.2. The third-order valence-corrected chi connectivity index (χ3v) is 5.93. The van der Waals surface area contributed by atoms with E-state index in [0.29, 0.717) is 17.9 Å². The molecular formula is C13H14Br2N2O3S. The van der Waals surface area contributed by atoms with E-state index in [2.05, 4.69) is 37.2 Å². The number of carbonyl (C=O) groups excluding carboxylic acids is 1. The number of halogens is 2. The zero-order chi connectivity index (χ0) is 15.6. The Morgan fingerprint density at radius 2 is 2.05 bits per heavy atom. The van der Waals surface area contributed by atoms with Crippen LogP contribution >= 0.6 is 43.6 Å². The molecule has 1 aromatic rings. The molecule has 21 heavy (non-hydrogen) atoms. The Balaban J connectivity index is 2.23. The highest BCUT2D eigenvalue weighted by atomic mass is 79.9. The van der Waals surface area contributed by atoms with Crippen LogP contribution in [0.5, 0.6) is 0 Å². The number of benzene rings is 1. The Morgan fingerprint density at radius 3 is 2.57 bits per heavy atom. The summed E-state index contributed by atoms with van der Waals surface area (Å²) in [7, 11) is 0.